The van der Waals surface area contributed by atoms with Crippen LogP contribution in [-0.2, 0) is 12.6 Å². The van der Waals surface area contributed by atoms with Gasteiger partial charge in [0.1, 0.15) is 5.69 Å². The van der Waals surface area contributed by atoms with E-state index in [0.717, 1.165) is 23.4 Å². The standard InChI is InChI=1S/C19H16F3N3O/c20-19(21,22)15-8-6-14(7-9-15)10-11-24-18(26)17-12-23-13-25(17)16-4-2-1-3-5-16/h1-9,12-13H,10-11H2,(H,24,26). The minimum absolute atomic E-state index is 0.293. The van der Waals surface area contributed by atoms with E-state index in [1.165, 1.54) is 18.3 Å². The number of para-hydroxylation sites is 1. The third-order valence-corrected chi connectivity index (χ3v) is 3.89. The van der Waals surface area contributed by atoms with Crippen LogP contribution in [-0.4, -0.2) is 22.0 Å². The summed E-state index contributed by atoms with van der Waals surface area (Å²) < 4.78 is 39.3. The molecule has 0 fully saturated rings. The van der Waals surface area contributed by atoms with Crippen molar-refractivity contribution in [2.45, 2.75) is 12.6 Å². The molecule has 0 bridgehead atoms. The Balaban J connectivity index is 1.60. The van der Waals surface area contributed by atoms with Gasteiger partial charge < -0.3 is 5.32 Å². The summed E-state index contributed by atoms with van der Waals surface area (Å²) in [7, 11) is 0. The minimum atomic E-state index is -4.34. The molecule has 7 heteroatoms. The SMILES string of the molecule is O=C(NCCc1ccc(C(F)(F)F)cc1)c1cncn1-c1ccccc1. The van der Waals surface area contributed by atoms with Crippen molar-refractivity contribution in [2.24, 2.45) is 0 Å². The molecule has 134 valence electrons. The molecule has 0 atom stereocenters. The van der Waals surface area contributed by atoms with E-state index in [9.17, 15) is 18.0 Å². The Bertz CT molecular complexity index is 871. The van der Waals surface area contributed by atoms with E-state index in [2.05, 4.69) is 10.3 Å². The predicted molar refractivity (Wildman–Crippen MR) is 91.0 cm³/mol. The highest BCUT2D eigenvalue weighted by atomic mass is 19.4. The smallest absolute Gasteiger partial charge is 0.350 e. The average molecular weight is 359 g/mol. The number of amides is 1. The highest BCUT2D eigenvalue weighted by Crippen LogP contribution is 2.29. The van der Waals surface area contributed by atoms with Gasteiger partial charge in [-0.15, -0.1) is 0 Å². The number of nitrogens with zero attached hydrogens (tertiary/aromatic N) is 2. The number of carbonyl (C=O) groups excluding carboxylic acids is 1. The van der Waals surface area contributed by atoms with Gasteiger partial charge >= 0.3 is 6.18 Å². The molecule has 0 saturated carbocycles. The number of alkyl halides is 3. The fourth-order valence-corrected chi connectivity index (χ4v) is 2.53. The van der Waals surface area contributed by atoms with Gasteiger partial charge in [0.05, 0.1) is 18.1 Å². The molecule has 3 rings (SSSR count). The lowest BCUT2D eigenvalue weighted by molar-refractivity contribution is -0.137. The second-order valence-corrected chi connectivity index (χ2v) is 5.69. The number of halogens is 3. The maximum absolute atomic E-state index is 12.5. The van der Waals surface area contributed by atoms with Crippen LogP contribution in [0.5, 0.6) is 0 Å². The van der Waals surface area contributed by atoms with Crippen molar-refractivity contribution < 1.29 is 18.0 Å². The molecular weight excluding hydrogens is 343 g/mol. The Hall–Kier alpha value is -3.09. The number of carbonyl (C=O) groups is 1. The Labute approximate surface area is 148 Å². The zero-order valence-corrected chi connectivity index (χ0v) is 13.7. The molecule has 1 N–H and O–H groups in total. The van der Waals surface area contributed by atoms with Crippen molar-refractivity contribution in [1.29, 1.82) is 0 Å². The first-order chi connectivity index (χ1) is 12.4. The van der Waals surface area contributed by atoms with Gasteiger partial charge in [-0.25, -0.2) is 4.98 Å². The van der Waals surface area contributed by atoms with Gasteiger partial charge in [-0.2, -0.15) is 13.2 Å². The maximum Gasteiger partial charge on any atom is 0.416 e. The molecule has 0 aliphatic carbocycles. The van der Waals surface area contributed by atoms with Crippen molar-refractivity contribution in [3.05, 3.63) is 83.9 Å². The lowest BCUT2D eigenvalue weighted by Gasteiger charge is -2.10. The molecule has 1 amide bonds. The lowest BCUT2D eigenvalue weighted by atomic mass is 10.1. The molecule has 0 spiro atoms. The predicted octanol–water partition coefficient (Wildman–Crippen LogP) is 3.86. The summed E-state index contributed by atoms with van der Waals surface area (Å²) in [5.41, 5.74) is 1.24. The van der Waals surface area contributed by atoms with E-state index < -0.39 is 11.7 Å². The van der Waals surface area contributed by atoms with E-state index in [-0.39, 0.29) is 5.91 Å². The largest absolute Gasteiger partial charge is 0.416 e. The van der Waals surface area contributed by atoms with Crippen molar-refractivity contribution in [2.75, 3.05) is 6.54 Å². The third-order valence-electron chi connectivity index (χ3n) is 3.89. The molecular formula is C19H16F3N3O. The Kier molecular flexibility index (Phi) is 5.06. The van der Waals surface area contributed by atoms with Gasteiger partial charge in [-0.05, 0) is 36.2 Å². The molecule has 0 aliphatic heterocycles. The fourth-order valence-electron chi connectivity index (χ4n) is 2.53. The van der Waals surface area contributed by atoms with Crippen molar-refractivity contribution >= 4 is 5.91 Å². The van der Waals surface area contributed by atoms with Crippen LogP contribution >= 0.6 is 0 Å². The highest BCUT2D eigenvalue weighted by Gasteiger charge is 2.29. The molecule has 0 unspecified atom stereocenters. The molecule has 0 radical (unpaired) electrons. The van der Waals surface area contributed by atoms with Crippen LogP contribution < -0.4 is 5.32 Å². The van der Waals surface area contributed by atoms with Gasteiger partial charge in [-0.3, -0.25) is 9.36 Å². The van der Waals surface area contributed by atoms with Gasteiger partial charge in [-0.1, -0.05) is 30.3 Å². The van der Waals surface area contributed by atoms with E-state index in [0.29, 0.717) is 18.7 Å². The van der Waals surface area contributed by atoms with Crippen LogP contribution in [0.1, 0.15) is 21.6 Å². The van der Waals surface area contributed by atoms with Crippen LogP contribution in [0.3, 0.4) is 0 Å². The Morgan fingerprint density at radius 1 is 1.04 bits per heavy atom. The minimum Gasteiger partial charge on any atom is -0.350 e. The van der Waals surface area contributed by atoms with Gasteiger partial charge in [0.15, 0.2) is 0 Å². The topological polar surface area (TPSA) is 46.9 Å². The van der Waals surface area contributed by atoms with Crippen molar-refractivity contribution in [3.8, 4) is 5.69 Å². The van der Waals surface area contributed by atoms with Crippen LogP contribution in [0.4, 0.5) is 13.2 Å². The molecule has 1 heterocycles. The summed E-state index contributed by atoms with van der Waals surface area (Å²) >= 11 is 0. The monoisotopic (exact) mass is 359 g/mol. The molecule has 4 nitrogen and oxygen atoms in total. The van der Waals surface area contributed by atoms with Crippen molar-refractivity contribution in [3.63, 3.8) is 0 Å². The molecule has 2 aromatic carbocycles. The lowest BCUT2D eigenvalue weighted by Crippen LogP contribution is -2.27. The number of imidazole rings is 1. The number of hydrogen-bond acceptors (Lipinski definition) is 2. The van der Waals surface area contributed by atoms with Gasteiger partial charge in [0.25, 0.3) is 5.91 Å². The summed E-state index contributed by atoms with van der Waals surface area (Å²) in [6.45, 7) is 0.310. The Morgan fingerprint density at radius 3 is 2.38 bits per heavy atom. The number of benzene rings is 2. The van der Waals surface area contributed by atoms with Gasteiger partial charge in [0.2, 0.25) is 0 Å². The van der Waals surface area contributed by atoms with Crippen LogP contribution in [0.25, 0.3) is 5.69 Å². The van der Waals surface area contributed by atoms with E-state index in [4.69, 9.17) is 0 Å². The number of hydrogen-bond donors (Lipinski definition) is 1. The first-order valence-corrected chi connectivity index (χ1v) is 7.97. The normalized spacial score (nSPS) is 11.3. The summed E-state index contributed by atoms with van der Waals surface area (Å²) in [5, 5.41) is 2.77. The zero-order chi connectivity index (χ0) is 18.6. The second kappa shape index (κ2) is 7.43. The second-order valence-electron chi connectivity index (χ2n) is 5.69. The highest BCUT2D eigenvalue weighted by molar-refractivity contribution is 5.93. The van der Waals surface area contributed by atoms with Crippen molar-refractivity contribution in [1.82, 2.24) is 14.9 Å². The molecule has 1 aromatic heterocycles. The molecule has 0 aliphatic rings. The Morgan fingerprint density at radius 2 is 1.73 bits per heavy atom. The van der Waals surface area contributed by atoms with Gasteiger partial charge in [0, 0.05) is 12.2 Å². The third kappa shape index (κ3) is 4.11. The summed E-state index contributed by atoms with van der Waals surface area (Å²) in [4.78, 5) is 16.4. The van der Waals surface area contributed by atoms with Crippen LogP contribution in [0.15, 0.2) is 67.1 Å². The average Bonchev–Trinajstić information content (AvgIpc) is 3.12. The molecule has 26 heavy (non-hydrogen) atoms. The quantitative estimate of drug-likeness (QED) is 0.752. The van der Waals surface area contributed by atoms with Crippen LogP contribution in [0, 0.1) is 0 Å². The molecule has 0 saturated heterocycles. The molecule has 3 aromatic rings. The first kappa shape index (κ1) is 17.7. The fraction of sp³-hybridized carbons (Fsp3) is 0.158. The maximum atomic E-state index is 12.5. The number of nitrogens with one attached hydrogen (secondary N) is 1. The summed E-state index contributed by atoms with van der Waals surface area (Å²) in [5.74, 6) is -0.293. The summed E-state index contributed by atoms with van der Waals surface area (Å²) in [6, 6.07) is 14.3. The summed E-state index contributed by atoms with van der Waals surface area (Å²) in [6.07, 6.45) is -0.882. The van der Waals surface area contributed by atoms with E-state index in [1.54, 1.807) is 10.9 Å². The number of aromatic nitrogens is 2. The zero-order valence-electron chi connectivity index (χ0n) is 13.7. The van der Waals surface area contributed by atoms with E-state index >= 15 is 0 Å². The first-order valence-electron chi connectivity index (χ1n) is 7.97. The number of rotatable bonds is 5. The van der Waals surface area contributed by atoms with Crippen LogP contribution in [0.2, 0.25) is 0 Å². The van der Waals surface area contributed by atoms with E-state index in [1.807, 2.05) is 30.3 Å².